The minimum atomic E-state index is -0.504. The highest BCUT2D eigenvalue weighted by molar-refractivity contribution is 9.10. The molecule has 1 unspecified atom stereocenters. The van der Waals surface area contributed by atoms with Gasteiger partial charge in [0, 0.05) is 11.6 Å². The van der Waals surface area contributed by atoms with Gasteiger partial charge < -0.3 is 5.32 Å². The Kier molecular flexibility index (Phi) is 4.43. The molecule has 0 aromatic heterocycles. The Balaban J connectivity index is 1.83. The van der Waals surface area contributed by atoms with Crippen LogP contribution < -0.4 is 5.32 Å². The van der Waals surface area contributed by atoms with Gasteiger partial charge in [0.2, 0.25) is 0 Å². The van der Waals surface area contributed by atoms with Gasteiger partial charge in [-0.05, 0) is 52.4 Å². The third-order valence-electron chi connectivity index (χ3n) is 3.94. The van der Waals surface area contributed by atoms with E-state index in [1.165, 1.54) is 12.1 Å². The molecule has 2 aromatic rings. The average Bonchev–Trinajstić information content (AvgIpc) is 3.38. The van der Waals surface area contributed by atoms with E-state index >= 15 is 0 Å². The Morgan fingerprint density at radius 2 is 1.91 bits per heavy atom. The second-order valence-corrected chi connectivity index (χ2v) is 6.48. The van der Waals surface area contributed by atoms with Crippen molar-refractivity contribution < 1.29 is 9.72 Å². The maximum absolute atomic E-state index is 12.5. The molecular formula is C17H15BrN2O3. The van der Waals surface area contributed by atoms with Gasteiger partial charge in [-0.25, -0.2) is 0 Å². The smallest absolute Gasteiger partial charge is 0.284 e. The van der Waals surface area contributed by atoms with Crippen molar-refractivity contribution in [1.82, 2.24) is 5.32 Å². The molecule has 0 heterocycles. The summed E-state index contributed by atoms with van der Waals surface area (Å²) in [5, 5.41) is 14.0. The zero-order valence-corrected chi connectivity index (χ0v) is 13.8. The largest absolute Gasteiger partial charge is 0.345 e. The van der Waals surface area contributed by atoms with Gasteiger partial charge in [-0.3, -0.25) is 14.9 Å². The van der Waals surface area contributed by atoms with Crippen LogP contribution in [0.3, 0.4) is 0 Å². The Hall–Kier alpha value is -2.21. The third-order valence-corrected chi connectivity index (χ3v) is 4.61. The van der Waals surface area contributed by atoms with E-state index in [9.17, 15) is 14.9 Å². The highest BCUT2D eigenvalue weighted by atomic mass is 79.9. The summed E-state index contributed by atoms with van der Waals surface area (Å²) in [6.07, 6.45) is 2.17. The van der Waals surface area contributed by atoms with E-state index < -0.39 is 4.92 Å². The Bertz CT molecular complexity index is 745. The fourth-order valence-electron chi connectivity index (χ4n) is 2.58. The number of hydrogen-bond acceptors (Lipinski definition) is 3. The normalized spacial score (nSPS) is 15.0. The second-order valence-electron chi connectivity index (χ2n) is 5.62. The molecule has 5 nitrogen and oxygen atoms in total. The van der Waals surface area contributed by atoms with Gasteiger partial charge in [0.1, 0.15) is 0 Å². The first-order valence-corrected chi connectivity index (χ1v) is 8.15. The number of rotatable bonds is 5. The van der Waals surface area contributed by atoms with Crippen LogP contribution in [0, 0.1) is 16.0 Å². The number of nitrogens with zero attached hydrogens (tertiary/aromatic N) is 1. The molecule has 0 radical (unpaired) electrons. The first-order chi connectivity index (χ1) is 11.1. The zero-order valence-electron chi connectivity index (χ0n) is 12.2. The lowest BCUT2D eigenvalue weighted by Crippen LogP contribution is -2.29. The highest BCUT2D eigenvalue weighted by Gasteiger charge is 2.33. The Morgan fingerprint density at radius 3 is 2.52 bits per heavy atom. The van der Waals surface area contributed by atoms with Gasteiger partial charge in [-0.2, -0.15) is 0 Å². The SMILES string of the molecule is O=C(NC(c1ccccc1)C1CC1)c1ccc(Br)c([N+](=O)[O-])c1. The molecule has 1 aliphatic rings. The number of carbonyl (C=O) groups is 1. The standard InChI is InChI=1S/C17H15BrN2O3/c18-14-9-8-13(10-15(14)20(22)23)17(21)19-16(12-6-7-12)11-4-2-1-3-5-11/h1-5,8-10,12,16H,6-7H2,(H,19,21). The number of halogens is 1. The summed E-state index contributed by atoms with van der Waals surface area (Å²) in [6.45, 7) is 0. The predicted octanol–water partition coefficient (Wildman–Crippen LogP) is 4.24. The number of nitro groups is 1. The van der Waals surface area contributed by atoms with E-state index in [2.05, 4.69) is 21.2 Å². The van der Waals surface area contributed by atoms with Gasteiger partial charge in [0.15, 0.2) is 0 Å². The van der Waals surface area contributed by atoms with Crippen LogP contribution in [-0.2, 0) is 0 Å². The molecule has 6 heteroatoms. The summed E-state index contributed by atoms with van der Waals surface area (Å²) in [5.74, 6) is 0.146. The van der Waals surface area contributed by atoms with Crippen LogP contribution >= 0.6 is 15.9 Å². The summed E-state index contributed by atoms with van der Waals surface area (Å²) in [7, 11) is 0. The maximum Gasteiger partial charge on any atom is 0.284 e. The lowest BCUT2D eigenvalue weighted by Gasteiger charge is -2.19. The quantitative estimate of drug-likeness (QED) is 0.628. The van der Waals surface area contributed by atoms with Crippen LogP contribution in [-0.4, -0.2) is 10.8 Å². The predicted molar refractivity (Wildman–Crippen MR) is 90.2 cm³/mol. The summed E-state index contributed by atoms with van der Waals surface area (Å²) in [6, 6.07) is 14.2. The summed E-state index contributed by atoms with van der Waals surface area (Å²) >= 11 is 3.13. The number of nitro benzene ring substituents is 1. The highest BCUT2D eigenvalue weighted by Crippen LogP contribution is 2.41. The molecule has 1 aliphatic carbocycles. The summed E-state index contributed by atoms with van der Waals surface area (Å²) in [4.78, 5) is 23.0. The van der Waals surface area contributed by atoms with E-state index in [4.69, 9.17) is 0 Å². The zero-order chi connectivity index (χ0) is 16.4. The molecule has 1 saturated carbocycles. The number of nitrogens with one attached hydrogen (secondary N) is 1. The first-order valence-electron chi connectivity index (χ1n) is 7.36. The van der Waals surface area contributed by atoms with E-state index in [0.29, 0.717) is 16.0 Å². The summed E-state index contributed by atoms with van der Waals surface area (Å²) in [5.41, 5.74) is 1.25. The molecule has 1 fully saturated rings. The molecule has 118 valence electrons. The van der Waals surface area contributed by atoms with E-state index in [1.54, 1.807) is 6.07 Å². The van der Waals surface area contributed by atoms with Gasteiger partial charge in [-0.15, -0.1) is 0 Å². The molecule has 2 aromatic carbocycles. The lowest BCUT2D eigenvalue weighted by molar-refractivity contribution is -0.385. The van der Waals surface area contributed by atoms with Crippen molar-refractivity contribution >= 4 is 27.5 Å². The average molecular weight is 375 g/mol. The molecular weight excluding hydrogens is 360 g/mol. The van der Waals surface area contributed by atoms with Crippen molar-refractivity contribution in [2.45, 2.75) is 18.9 Å². The van der Waals surface area contributed by atoms with Gasteiger partial charge in [-0.1, -0.05) is 30.3 Å². The van der Waals surface area contributed by atoms with Crippen molar-refractivity contribution in [3.63, 3.8) is 0 Å². The van der Waals surface area contributed by atoms with Crippen molar-refractivity contribution in [1.29, 1.82) is 0 Å². The van der Waals surface area contributed by atoms with Crippen molar-refractivity contribution in [2.75, 3.05) is 0 Å². The minimum Gasteiger partial charge on any atom is -0.345 e. The van der Waals surface area contributed by atoms with Crippen LogP contribution in [0.15, 0.2) is 53.0 Å². The molecule has 0 spiro atoms. The van der Waals surface area contributed by atoms with Gasteiger partial charge in [0.25, 0.3) is 11.6 Å². The molecule has 0 aliphatic heterocycles. The Morgan fingerprint density at radius 1 is 1.22 bits per heavy atom. The van der Waals surface area contributed by atoms with Crippen molar-refractivity contribution in [3.8, 4) is 0 Å². The van der Waals surface area contributed by atoms with Crippen LogP contribution in [0.25, 0.3) is 0 Å². The number of benzene rings is 2. The lowest BCUT2D eigenvalue weighted by atomic mass is 10.0. The fraction of sp³-hybridized carbons (Fsp3) is 0.235. The minimum absolute atomic E-state index is 0.0496. The topological polar surface area (TPSA) is 72.2 Å². The number of carbonyl (C=O) groups excluding carboxylic acids is 1. The van der Waals surface area contributed by atoms with E-state index in [1.807, 2.05) is 30.3 Å². The molecule has 3 rings (SSSR count). The number of amides is 1. The summed E-state index contributed by atoms with van der Waals surface area (Å²) < 4.78 is 0.362. The second kappa shape index (κ2) is 6.50. The molecule has 23 heavy (non-hydrogen) atoms. The van der Waals surface area contributed by atoms with Gasteiger partial charge >= 0.3 is 0 Å². The van der Waals surface area contributed by atoms with Crippen molar-refractivity contribution in [3.05, 3.63) is 74.2 Å². The van der Waals surface area contributed by atoms with Crippen LogP contribution in [0.1, 0.15) is 34.8 Å². The monoisotopic (exact) mass is 374 g/mol. The molecule has 0 saturated heterocycles. The number of hydrogen-bond donors (Lipinski definition) is 1. The van der Waals surface area contributed by atoms with Crippen LogP contribution in [0.5, 0.6) is 0 Å². The van der Waals surface area contributed by atoms with Crippen LogP contribution in [0.2, 0.25) is 0 Å². The molecule has 1 atom stereocenters. The first kappa shape index (κ1) is 15.7. The van der Waals surface area contributed by atoms with Crippen LogP contribution in [0.4, 0.5) is 5.69 Å². The fourth-order valence-corrected chi connectivity index (χ4v) is 2.97. The van der Waals surface area contributed by atoms with E-state index in [-0.39, 0.29) is 17.6 Å². The van der Waals surface area contributed by atoms with Crippen molar-refractivity contribution in [2.24, 2.45) is 5.92 Å². The van der Waals surface area contributed by atoms with Gasteiger partial charge in [0.05, 0.1) is 15.4 Å². The third kappa shape index (κ3) is 3.59. The molecule has 1 amide bonds. The maximum atomic E-state index is 12.5. The Labute approximate surface area is 142 Å². The molecule has 0 bridgehead atoms. The molecule has 1 N–H and O–H groups in total. The van der Waals surface area contributed by atoms with E-state index in [0.717, 1.165) is 18.4 Å².